The van der Waals surface area contributed by atoms with Crippen LogP contribution in [-0.4, -0.2) is 35.2 Å². The molecule has 31 heavy (non-hydrogen) atoms. The molecule has 3 aromatic rings. The number of nitrogens with zero attached hydrogens (tertiary/aromatic N) is 2. The Labute approximate surface area is 180 Å². The number of carbonyl (C=O) groups excluding carboxylic acids is 2. The van der Waals surface area contributed by atoms with Gasteiger partial charge in [-0.05, 0) is 43.2 Å². The van der Waals surface area contributed by atoms with Gasteiger partial charge in [-0.2, -0.15) is 4.98 Å². The van der Waals surface area contributed by atoms with Crippen molar-refractivity contribution in [2.75, 3.05) is 13.2 Å². The van der Waals surface area contributed by atoms with Gasteiger partial charge >= 0.3 is 5.97 Å². The second kappa shape index (κ2) is 10.9. The quantitative estimate of drug-likeness (QED) is 0.500. The Bertz CT molecular complexity index is 986. The van der Waals surface area contributed by atoms with Crippen LogP contribution in [0.2, 0.25) is 0 Å². The van der Waals surface area contributed by atoms with E-state index in [9.17, 15) is 9.59 Å². The lowest BCUT2D eigenvalue weighted by Crippen LogP contribution is -2.35. The van der Waals surface area contributed by atoms with E-state index < -0.39 is 5.92 Å². The maximum absolute atomic E-state index is 12.5. The van der Waals surface area contributed by atoms with Gasteiger partial charge in [-0.25, -0.2) is 0 Å². The standard InChI is InChI=1S/C23H25N3O5/c1-3-29-23(28)19(13-17-7-5-4-6-8-17)14-24-22(27)18-9-11-20(12-10-18)30-15-21-25-16(2)31-26-21/h4-12,19H,3,13-15H2,1-2H3,(H,24,27). The van der Waals surface area contributed by atoms with Gasteiger partial charge in [0.2, 0.25) is 11.7 Å². The number of ether oxygens (including phenoxy) is 2. The summed E-state index contributed by atoms with van der Waals surface area (Å²) in [4.78, 5) is 28.9. The number of hydrogen-bond acceptors (Lipinski definition) is 7. The lowest BCUT2D eigenvalue weighted by atomic mass is 9.99. The number of nitrogens with one attached hydrogen (secondary N) is 1. The first kappa shape index (κ1) is 22.0. The lowest BCUT2D eigenvalue weighted by Gasteiger charge is -2.16. The molecule has 0 aliphatic heterocycles. The molecule has 0 radical (unpaired) electrons. The van der Waals surface area contributed by atoms with Crippen LogP contribution in [0.4, 0.5) is 0 Å². The van der Waals surface area contributed by atoms with Crippen LogP contribution in [0.15, 0.2) is 59.1 Å². The number of carbonyl (C=O) groups is 2. The molecule has 0 spiro atoms. The fraction of sp³-hybridized carbons (Fsp3) is 0.304. The Kier molecular flexibility index (Phi) is 7.75. The van der Waals surface area contributed by atoms with E-state index in [2.05, 4.69) is 15.5 Å². The van der Waals surface area contributed by atoms with E-state index in [0.29, 0.717) is 36.1 Å². The highest BCUT2D eigenvalue weighted by atomic mass is 16.5. The Hall–Kier alpha value is -3.68. The number of hydrogen-bond donors (Lipinski definition) is 1. The first-order chi connectivity index (χ1) is 15.0. The Morgan fingerprint density at radius 3 is 2.48 bits per heavy atom. The maximum Gasteiger partial charge on any atom is 0.311 e. The molecule has 1 unspecified atom stereocenters. The summed E-state index contributed by atoms with van der Waals surface area (Å²) in [6.07, 6.45) is 0.488. The minimum absolute atomic E-state index is 0.170. The van der Waals surface area contributed by atoms with Gasteiger partial charge in [-0.15, -0.1) is 0 Å². The summed E-state index contributed by atoms with van der Waals surface area (Å²) in [6.45, 7) is 4.12. The number of amides is 1. The van der Waals surface area contributed by atoms with E-state index in [0.717, 1.165) is 5.56 Å². The molecule has 2 aromatic carbocycles. The molecule has 0 bridgehead atoms. The van der Waals surface area contributed by atoms with Gasteiger partial charge in [0.1, 0.15) is 5.75 Å². The molecule has 3 rings (SSSR count). The van der Waals surface area contributed by atoms with Gasteiger partial charge in [0, 0.05) is 19.0 Å². The monoisotopic (exact) mass is 423 g/mol. The first-order valence-corrected chi connectivity index (χ1v) is 10.1. The highest BCUT2D eigenvalue weighted by Gasteiger charge is 2.21. The van der Waals surface area contributed by atoms with Crippen molar-refractivity contribution in [2.45, 2.75) is 26.9 Å². The number of benzene rings is 2. The predicted octanol–water partition coefficient (Wildman–Crippen LogP) is 3.11. The van der Waals surface area contributed by atoms with Crippen molar-refractivity contribution in [1.29, 1.82) is 0 Å². The van der Waals surface area contributed by atoms with Crippen molar-refractivity contribution < 1.29 is 23.6 Å². The summed E-state index contributed by atoms with van der Waals surface area (Å²) >= 11 is 0. The van der Waals surface area contributed by atoms with Gasteiger partial charge in [0.15, 0.2) is 6.61 Å². The molecule has 8 nitrogen and oxygen atoms in total. The molecule has 0 saturated heterocycles. The number of esters is 1. The van der Waals surface area contributed by atoms with E-state index in [1.165, 1.54) is 0 Å². The number of rotatable bonds is 10. The zero-order valence-corrected chi connectivity index (χ0v) is 17.5. The number of aromatic nitrogens is 2. The van der Waals surface area contributed by atoms with Gasteiger partial charge in [-0.3, -0.25) is 9.59 Å². The van der Waals surface area contributed by atoms with Crippen LogP contribution in [0.5, 0.6) is 5.75 Å². The van der Waals surface area contributed by atoms with E-state index in [1.807, 2.05) is 30.3 Å². The van der Waals surface area contributed by atoms with Crippen LogP contribution in [0, 0.1) is 12.8 Å². The minimum atomic E-state index is -0.465. The second-order valence-electron chi connectivity index (χ2n) is 6.89. The second-order valence-corrected chi connectivity index (χ2v) is 6.89. The molecule has 0 fully saturated rings. The van der Waals surface area contributed by atoms with Crippen molar-refractivity contribution >= 4 is 11.9 Å². The molecule has 1 N–H and O–H groups in total. The van der Waals surface area contributed by atoms with Gasteiger partial charge in [0.05, 0.1) is 12.5 Å². The Morgan fingerprint density at radius 1 is 1.10 bits per heavy atom. The lowest BCUT2D eigenvalue weighted by molar-refractivity contribution is -0.147. The first-order valence-electron chi connectivity index (χ1n) is 10.1. The third kappa shape index (κ3) is 6.67. The smallest absolute Gasteiger partial charge is 0.311 e. The SMILES string of the molecule is CCOC(=O)C(CNC(=O)c1ccc(OCc2noc(C)n2)cc1)Cc1ccccc1. The minimum Gasteiger partial charge on any atom is -0.485 e. The van der Waals surface area contributed by atoms with Crippen LogP contribution < -0.4 is 10.1 Å². The van der Waals surface area contributed by atoms with Gasteiger partial charge in [0.25, 0.3) is 5.91 Å². The molecular formula is C23H25N3O5. The molecule has 1 heterocycles. The molecule has 0 saturated carbocycles. The molecule has 1 atom stereocenters. The molecule has 0 aliphatic rings. The van der Waals surface area contributed by atoms with Gasteiger partial charge in [-0.1, -0.05) is 35.5 Å². The molecule has 1 amide bonds. The molecule has 1 aromatic heterocycles. The van der Waals surface area contributed by atoms with Crippen LogP contribution in [0.1, 0.15) is 34.6 Å². The fourth-order valence-corrected chi connectivity index (χ4v) is 2.97. The van der Waals surface area contributed by atoms with E-state index in [1.54, 1.807) is 38.1 Å². The molecular weight excluding hydrogens is 398 g/mol. The van der Waals surface area contributed by atoms with Gasteiger partial charge < -0.3 is 19.3 Å². The van der Waals surface area contributed by atoms with Crippen molar-refractivity contribution in [3.63, 3.8) is 0 Å². The van der Waals surface area contributed by atoms with Crippen LogP contribution in [0.3, 0.4) is 0 Å². The summed E-state index contributed by atoms with van der Waals surface area (Å²) in [5.41, 5.74) is 1.47. The van der Waals surface area contributed by atoms with Crippen molar-refractivity contribution in [1.82, 2.24) is 15.5 Å². The van der Waals surface area contributed by atoms with Crippen LogP contribution in [0.25, 0.3) is 0 Å². The third-order valence-corrected chi connectivity index (χ3v) is 4.51. The summed E-state index contributed by atoms with van der Waals surface area (Å²) in [7, 11) is 0. The van der Waals surface area contributed by atoms with E-state index >= 15 is 0 Å². The highest BCUT2D eigenvalue weighted by Crippen LogP contribution is 2.15. The van der Waals surface area contributed by atoms with Crippen LogP contribution in [-0.2, 0) is 22.6 Å². The summed E-state index contributed by atoms with van der Waals surface area (Å²) in [5, 5.41) is 6.59. The van der Waals surface area contributed by atoms with Crippen LogP contribution >= 0.6 is 0 Å². The Balaban J connectivity index is 1.55. The maximum atomic E-state index is 12.5. The predicted molar refractivity (Wildman–Crippen MR) is 112 cm³/mol. The molecule has 8 heteroatoms. The summed E-state index contributed by atoms with van der Waals surface area (Å²) in [6, 6.07) is 16.3. The molecule has 0 aliphatic carbocycles. The van der Waals surface area contributed by atoms with Crippen molar-refractivity contribution in [3.8, 4) is 5.75 Å². The summed E-state index contributed by atoms with van der Waals surface area (Å²) in [5.74, 6) is 0.427. The Morgan fingerprint density at radius 2 is 1.84 bits per heavy atom. The summed E-state index contributed by atoms with van der Waals surface area (Å²) < 4.78 is 15.6. The largest absolute Gasteiger partial charge is 0.485 e. The third-order valence-electron chi connectivity index (χ3n) is 4.51. The highest BCUT2D eigenvalue weighted by molar-refractivity contribution is 5.94. The van der Waals surface area contributed by atoms with E-state index in [-0.39, 0.29) is 25.0 Å². The normalized spacial score (nSPS) is 11.5. The average Bonchev–Trinajstić information content (AvgIpc) is 3.21. The van der Waals surface area contributed by atoms with Crippen molar-refractivity contribution in [3.05, 3.63) is 77.4 Å². The number of aryl methyl sites for hydroxylation is 1. The zero-order chi connectivity index (χ0) is 22.1. The zero-order valence-electron chi connectivity index (χ0n) is 17.5. The van der Waals surface area contributed by atoms with Crippen molar-refractivity contribution in [2.24, 2.45) is 5.92 Å². The topological polar surface area (TPSA) is 104 Å². The van der Waals surface area contributed by atoms with E-state index in [4.69, 9.17) is 14.0 Å². The fourth-order valence-electron chi connectivity index (χ4n) is 2.97. The average molecular weight is 423 g/mol. The molecule has 162 valence electrons.